The maximum Gasteiger partial charge on any atom is 0.225 e. The predicted molar refractivity (Wildman–Crippen MR) is 76.0 cm³/mol. The molecule has 0 aliphatic carbocycles. The first-order valence-corrected chi connectivity index (χ1v) is 7.43. The van der Waals surface area contributed by atoms with E-state index in [1.165, 1.54) is 0 Å². The van der Waals surface area contributed by atoms with Crippen LogP contribution in [0.5, 0.6) is 0 Å². The molecule has 0 aromatic carbocycles. The van der Waals surface area contributed by atoms with Crippen molar-refractivity contribution in [2.45, 2.75) is 57.7 Å². The van der Waals surface area contributed by atoms with E-state index < -0.39 is 16.5 Å². The van der Waals surface area contributed by atoms with Crippen molar-refractivity contribution in [3.63, 3.8) is 0 Å². The van der Waals surface area contributed by atoms with Crippen molar-refractivity contribution in [2.24, 2.45) is 10.3 Å². The molecule has 104 valence electrons. The topological polar surface area (TPSA) is 49.7 Å². The minimum Gasteiger partial charge on any atom is -0.335 e. The zero-order valence-electron chi connectivity index (χ0n) is 12.2. The summed E-state index contributed by atoms with van der Waals surface area (Å²) in [6.07, 6.45) is 3.41. The number of hydrogen-bond acceptors (Lipinski definition) is 2. The molecule has 4 nitrogen and oxygen atoms in total. The lowest BCUT2D eigenvalue weighted by Gasteiger charge is -2.42. The fourth-order valence-electron chi connectivity index (χ4n) is 1.85. The molecule has 0 bridgehead atoms. The molecule has 5 heteroatoms. The van der Waals surface area contributed by atoms with Crippen molar-refractivity contribution in [1.82, 2.24) is 4.90 Å². The number of amides is 1. The predicted octanol–water partition coefficient (Wildman–Crippen LogP) is 2.17. The quantitative estimate of drug-likeness (QED) is 0.723. The summed E-state index contributed by atoms with van der Waals surface area (Å²) in [5.74, 6) is 0.210. The SMILES string of the molecule is CC1CCC(C)(C=NS(=O)C(C)(C)C)N(C)C1=O. The molecule has 3 unspecified atom stereocenters. The third-order valence-electron chi connectivity index (χ3n) is 3.55. The van der Waals surface area contributed by atoms with E-state index in [0.717, 1.165) is 12.8 Å². The van der Waals surface area contributed by atoms with E-state index >= 15 is 0 Å². The van der Waals surface area contributed by atoms with Crippen LogP contribution in [0.1, 0.15) is 47.5 Å². The minimum atomic E-state index is -1.27. The summed E-state index contributed by atoms with van der Waals surface area (Å²) in [5, 5.41) is 0. The highest BCUT2D eigenvalue weighted by molar-refractivity contribution is 7.85. The fourth-order valence-corrected chi connectivity index (χ4v) is 2.49. The van der Waals surface area contributed by atoms with Crippen LogP contribution < -0.4 is 0 Å². The van der Waals surface area contributed by atoms with E-state index in [1.807, 2.05) is 34.6 Å². The average molecular weight is 272 g/mol. The Morgan fingerprint density at radius 3 is 2.56 bits per heavy atom. The Balaban J connectivity index is 2.86. The summed E-state index contributed by atoms with van der Waals surface area (Å²) < 4.78 is 15.7. The maximum atomic E-state index is 12.0. The summed E-state index contributed by atoms with van der Waals surface area (Å²) in [5.41, 5.74) is -0.412. The summed E-state index contributed by atoms with van der Waals surface area (Å²) in [7, 11) is 0.527. The normalized spacial score (nSPS) is 32.0. The zero-order chi connectivity index (χ0) is 14.1. The molecule has 0 aromatic rings. The second-order valence-corrected chi connectivity index (χ2v) is 8.22. The zero-order valence-corrected chi connectivity index (χ0v) is 13.0. The van der Waals surface area contributed by atoms with Crippen LogP contribution in [0.25, 0.3) is 0 Å². The number of carbonyl (C=O) groups is 1. The molecule has 1 saturated heterocycles. The molecule has 1 amide bonds. The highest BCUT2D eigenvalue weighted by atomic mass is 32.2. The van der Waals surface area contributed by atoms with E-state index in [2.05, 4.69) is 4.40 Å². The summed E-state index contributed by atoms with van der Waals surface area (Å²) >= 11 is 0. The van der Waals surface area contributed by atoms with Crippen molar-refractivity contribution in [3.05, 3.63) is 0 Å². The van der Waals surface area contributed by atoms with Gasteiger partial charge in [-0.05, 0) is 40.5 Å². The Bertz CT molecular complexity index is 387. The number of rotatable bonds is 2. The molecule has 0 saturated carbocycles. The van der Waals surface area contributed by atoms with Crippen LogP contribution in [0, 0.1) is 5.92 Å². The van der Waals surface area contributed by atoms with Gasteiger partial charge in [-0.25, -0.2) is 4.21 Å². The van der Waals surface area contributed by atoms with Crippen LogP contribution in [0.4, 0.5) is 0 Å². The van der Waals surface area contributed by atoms with Gasteiger partial charge in [-0.3, -0.25) is 4.79 Å². The summed E-state index contributed by atoms with van der Waals surface area (Å²) in [4.78, 5) is 13.7. The number of hydrogen-bond donors (Lipinski definition) is 0. The molecule has 1 fully saturated rings. The van der Waals surface area contributed by atoms with Crippen LogP contribution in [-0.4, -0.2) is 38.6 Å². The van der Waals surface area contributed by atoms with Crippen LogP contribution in [0.3, 0.4) is 0 Å². The Kier molecular flexibility index (Phi) is 4.36. The van der Waals surface area contributed by atoms with E-state index in [-0.39, 0.29) is 16.6 Å². The van der Waals surface area contributed by atoms with Gasteiger partial charge < -0.3 is 4.90 Å². The maximum absolute atomic E-state index is 12.0. The van der Waals surface area contributed by atoms with Crippen molar-refractivity contribution in [2.75, 3.05) is 7.05 Å². The van der Waals surface area contributed by atoms with Gasteiger partial charge in [0, 0.05) is 19.2 Å². The lowest BCUT2D eigenvalue weighted by atomic mass is 9.85. The Morgan fingerprint density at radius 2 is 2.06 bits per heavy atom. The van der Waals surface area contributed by atoms with Crippen molar-refractivity contribution in [1.29, 1.82) is 0 Å². The molecule has 0 aromatic heterocycles. The smallest absolute Gasteiger partial charge is 0.225 e. The van der Waals surface area contributed by atoms with Gasteiger partial charge in [0.1, 0.15) is 11.0 Å². The molecule has 0 spiro atoms. The number of likely N-dealkylation sites (tertiary alicyclic amines) is 1. The highest BCUT2D eigenvalue weighted by Gasteiger charge is 2.38. The minimum absolute atomic E-state index is 0.0737. The van der Waals surface area contributed by atoms with Crippen LogP contribution in [0.15, 0.2) is 4.40 Å². The van der Waals surface area contributed by atoms with Gasteiger partial charge in [-0.15, -0.1) is 0 Å². The summed E-state index contributed by atoms with van der Waals surface area (Å²) in [6, 6.07) is 0. The molecule has 1 heterocycles. The van der Waals surface area contributed by atoms with Crippen LogP contribution >= 0.6 is 0 Å². The number of carbonyl (C=O) groups excluding carboxylic acids is 1. The van der Waals surface area contributed by atoms with E-state index in [1.54, 1.807) is 18.2 Å². The van der Waals surface area contributed by atoms with Gasteiger partial charge in [0.2, 0.25) is 5.91 Å². The van der Waals surface area contributed by atoms with Crippen molar-refractivity contribution < 1.29 is 9.00 Å². The molecule has 18 heavy (non-hydrogen) atoms. The first-order chi connectivity index (χ1) is 8.08. The van der Waals surface area contributed by atoms with Gasteiger partial charge in [0.05, 0.1) is 10.3 Å². The third kappa shape index (κ3) is 3.19. The van der Waals surface area contributed by atoms with E-state index in [9.17, 15) is 9.00 Å². The van der Waals surface area contributed by atoms with Gasteiger partial charge in [-0.1, -0.05) is 6.92 Å². The molecule has 3 atom stereocenters. The van der Waals surface area contributed by atoms with Crippen molar-refractivity contribution >= 4 is 23.1 Å². The monoisotopic (exact) mass is 272 g/mol. The molecule has 1 aliphatic rings. The molecular formula is C13H24N2O2S. The fraction of sp³-hybridized carbons (Fsp3) is 0.846. The van der Waals surface area contributed by atoms with E-state index in [4.69, 9.17) is 0 Å². The van der Waals surface area contributed by atoms with Gasteiger partial charge >= 0.3 is 0 Å². The lowest BCUT2D eigenvalue weighted by Crippen LogP contribution is -2.54. The third-order valence-corrected chi connectivity index (χ3v) is 4.90. The van der Waals surface area contributed by atoms with E-state index in [0.29, 0.717) is 0 Å². The lowest BCUT2D eigenvalue weighted by molar-refractivity contribution is -0.140. The second kappa shape index (κ2) is 5.11. The average Bonchev–Trinajstić information content (AvgIpc) is 2.28. The van der Waals surface area contributed by atoms with Crippen LogP contribution in [0.2, 0.25) is 0 Å². The second-order valence-electron chi connectivity index (χ2n) is 6.29. The molecule has 1 aliphatic heterocycles. The largest absolute Gasteiger partial charge is 0.335 e. The Morgan fingerprint density at radius 1 is 1.50 bits per heavy atom. The Labute approximate surface area is 112 Å². The highest BCUT2D eigenvalue weighted by Crippen LogP contribution is 2.29. The summed E-state index contributed by atoms with van der Waals surface area (Å²) in [6.45, 7) is 9.59. The van der Waals surface area contributed by atoms with Crippen molar-refractivity contribution in [3.8, 4) is 0 Å². The van der Waals surface area contributed by atoms with Gasteiger partial charge in [-0.2, -0.15) is 4.40 Å². The first kappa shape index (κ1) is 15.3. The molecular weight excluding hydrogens is 248 g/mol. The molecule has 0 radical (unpaired) electrons. The molecule has 1 rings (SSSR count). The molecule has 0 N–H and O–H groups in total. The Hall–Kier alpha value is -0.710. The van der Waals surface area contributed by atoms with Crippen LogP contribution in [-0.2, 0) is 15.8 Å². The number of nitrogens with zero attached hydrogens (tertiary/aromatic N) is 2. The first-order valence-electron chi connectivity index (χ1n) is 6.33. The standard InChI is InChI=1S/C13H24N2O2S/c1-10-7-8-13(5,15(6)11(10)16)9-14-18(17)12(2,3)4/h9-10H,7-8H2,1-6H3. The van der Waals surface area contributed by atoms with Gasteiger partial charge in [0.15, 0.2) is 0 Å². The number of piperidine rings is 1. The van der Waals surface area contributed by atoms with Gasteiger partial charge in [0.25, 0.3) is 0 Å².